The predicted molar refractivity (Wildman–Crippen MR) is 90.3 cm³/mol. The van der Waals surface area contributed by atoms with Crippen LogP contribution in [0.5, 0.6) is 0 Å². The first kappa shape index (κ1) is 18.4. The summed E-state index contributed by atoms with van der Waals surface area (Å²) in [4.78, 5) is 34.1. The molecule has 9 heteroatoms. The largest absolute Gasteiger partial charge is 0.480 e. The van der Waals surface area contributed by atoms with E-state index in [1.807, 2.05) is 20.8 Å². The molecule has 1 aromatic heterocycles. The van der Waals surface area contributed by atoms with Gasteiger partial charge in [0.15, 0.2) is 5.69 Å². The molecule has 2 rings (SSSR count). The van der Waals surface area contributed by atoms with Crippen LogP contribution >= 0.6 is 0 Å². The molecule has 134 valence electrons. The lowest BCUT2D eigenvalue weighted by molar-refractivity contribution is -0.384. The van der Waals surface area contributed by atoms with Crippen LogP contribution in [0.15, 0.2) is 18.2 Å². The molecular formula is C16H20N4O5. The van der Waals surface area contributed by atoms with Crippen LogP contribution in [0.1, 0.15) is 44.1 Å². The summed E-state index contributed by atoms with van der Waals surface area (Å²) < 4.78 is 0. The molecule has 2 aromatic rings. The second-order valence-electron chi connectivity index (χ2n) is 7.02. The van der Waals surface area contributed by atoms with Crippen molar-refractivity contribution in [3.63, 3.8) is 0 Å². The average Bonchev–Trinajstić information content (AvgIpc) is 2.92. The van der Waals surface area contributed by atoms with Gasteiger partial charge in [-0.05, 0) is 24.3 Å². The van der Waals surface area contributed by atoms with Crippen molar-refractivity contribution in [2.24, 2.45) is 5.41 Å². The van der Waals surface area contributed by atoms with Crippen LogP contribution in [0.3, 0.4) is 0 Å². The molecule has 25 heavy (non-hydrogen) atoms. The number of aromatic amines is 1. The van der Waals surface area contributed by atoms with Crippen LogP contribution in [0.25, 0.3) is 10.9 Å². The monoisotopic (exact) mass is 348 g/mol. The van der Waals surface area contributed by atoms with Gasteiger partial charge in [-0.25, -0.2) is 4.79 Å². The zero-order chi connectivity index (χ0) is 18.8. The van der Waals surface area contributed by atoms with Crippen molar-refractivity contribution in [1.82, 2.24) is 15.5 Å². The van der Waals surface area contributed by atoms with Gasteiger partial charge in [0.2, 0.25) is 0 Å². The number of aliphatic carboxylic acids is 1. The number of nitro groups is 1. The van der Waals surface area contributed by atoms with E-state index in [-0.39, 0.29) is 28.6 Å². The van der Waals surface area contributed by atoms with Crippen molar-refractivity contribution < 1.29 is 19.6 Å². The Balaban J connectivity index is 2.24. The van der Waals surface area contributed by atoms with Crippen LogP contribution in [-0.4, -0.2) is 38.1 Å². The normalized spacial score (nSPS) is 12.8. The molecule has 3 N–H and O–H groups in total. The molecule has 9 nitrogen and oxygen atoms in total. The fourth-order valence-electron chi connectivity index (χ4n) is 2.35. The standard InChI is InChI=1S/C16H20N4O5/c1-16(2,3)7-6-12(15(22)23)17-14(21)13-10-8-9(20(24)25)4-5-11(10)18-19-13/h4-5,8,12H,6-7H2,1-3H3,(H,17,21)(H,18,19)(H,22,23). The first-order chi connectivity index (χ1) is 11.6. The number of fused-ring (bicyclic) bond motifs is 1. The minimum absolute atomic E-state index is 0.0688. The first-order valence-corrected chi connectivity index (χ1v) is 7.75. The van der Waals surface area contributed by atoms with E-state index in [1.165, 1.54) is 18.2 Å². The smallest absolute Gasteiger partial charge is 0.326 e. The Hall–Kier alpha value is -2.97. The summed E-state index contributed by atoms with van der Waals surface area (Å²) >= 11 is 0. The average molecular weight is 348 g/mol. The lowest BCUT2D eigenvalue weighted by Crippen LogP contribution is -2.41. The second kappa shape index (κ2) is 6.88. The number of non-ortho nitro benzene ring substituents is 1. The van der Waals surface area contributed by atoms with Gasteiger partial charge < -0.3 is 10.4 Å². The third-order valence-electron chi connectivity index (χ3n) is 3.76. The van der Waals surface area contributed by atoms with Crippen molar-refractivity contribution in [1.29, 1.82) is 0 Å². The van der Waals surface area contributed by atoms with E-state index in [9.17, 15) is 24.8 Å². The molecule has 0 spiro atoms. The van der Waals surface area contributed by atoms with Crippen molar-refractivity contribution >= 4 is 28.5 Å². The summed E-state index contributed by atoms with van der Waals surface area (Å²) in [6.45, 7) is 5.94. The first-order valence-electron chi connectivity index (χ1n) is 7.75. The van der Waals surface area contributed by atoms with E-state index in [2.05, 4.69) is 15.5 Å². The molecular weight excluding hydrogens is 328 g/mol. The lowest BCUT2D eigenvalue weighted by atomic mass is 9.88. The highest BCUT2D eigenvalue weighted by Gasteiger charge is 2.25. The molecule has 0 aliphatic rings. The third-order valence-corrected chi connectivity index (χ3v) is 3.76. The number of carbonyl (C=O) groups excluding carboxylic acids is 1. The van der Waals surface area contributed by atoms with Crippen LogP contribution in [0, 0.1) is 15.5 Å². The number of aromatic nitrogens is 2. The maximum atomic E-state index is 12.4. The fraction of sp³-hybridized carbons (Fsp3) is 0.438. The molecule has 0 saturated heterocycles. The quantitative estimate of drug-likeness (QED) is 0.541. The number of carboxylic acids is 1. The molecule has 1 atom stereocenters. The third kappa shape index (κ3) is 4.52. The van der Waals surface area contributed by atoms with E-state index in [0.29, 0.717) is 11.9 Å². The van der Waals surface area contributed by atoms with E-state index >= 15 is 0 Å². The molecule has 1 heterocycles. The number of amides is 1. The maximum Gasteiger partial charge on any atom is 0.326 e. The zero-order valence-corrected chi connectivity index (χ0v) is 14.2. The van der Waals surface area contributed by atoms with E-state index in [1.54, 1.807) is 0 Å². The number of hydrogen-bond donors (Lipinski definition) is 3. The van der Waals surface area contributed by atoms with E-state index < -0.39 is 22.8 Å². The summed E-state index contributed by atoms with van der Waals surface area (Å²) in [5, 5.41) is 29.4. The highest BCUT2D eigenvalue weighted by atomic mass is 16.6. The van der Waals surface area contributed by atoms with E-state index in [4.69, 9.17) is 0 Å². The van der Waals surface area contributed by atoms with Gasteiger partial charge in [0.05, 0.1) is 10.4 Å². The number of nitrogens with one attached hydrogen (secondary N) is 2. The van der Waals surface area contributed by atoms with Crippen LogP contribution in [0.2, 0.25) is 0 Å². The summed E-state index contributed by atoms with van der Waals surface area (Å²) in [5.74, 6) is -1.82. The zero-order valence-electron chi connectivity index (χ0n) is 14.2. The molecule has 1 aromatic carbocycles. The van der Waals surface area contributed by atoms with Gasteiger partial charge in [0.25, 0.3) is 11.6 Å². The number of rotatable bonds is 6. The second-order valence-corrected chi connectivity index (χ2v) is 7.02. The van der Waals surface area contributed by atoms with Crippen LogP contribution < -0.4 is 5.32 Å². The molecule has 0 fully saturated rings. The Bertz CT molecular complexity index is 822. The molecule has 0 aliphatic carbocycles. The Kier molecular flexibility index (Phi) is 5.05. The molecule has 0 aliphatic heterocycles. The Morgan fingerprint density at radius 1 is 1.40 bits per heavy atom. The molecule has 0 radical (unpaired) electrons. The summed E-state index contributed by atoms with van der Waals surface area (Å²) in [7, 11) is 0. The SMILES string of the molecule is CC(C)(C)CCC(NC(=O)c1n[nH]c2ccc([N+](=O)[O-])cc12)C(=O)O. The number of hydrogen-bond acceptors (Lipinski definition) is 5. The Labute approximate surface area is 143 Å². The van der Waals surface area contributed by atoms with Crippen molar-refractivity contribution in [3.05, 3.63) is 34.0 Å². The van der Waals surface area contributed by atoms with Crippen LogP contribution in [-0.2, 0) is 4.79 Å². The molecule has 1 unspecified atom stereocenters. The topological polar surface area (TPSA) is 138 Å². The van der Waals surface area contributed by atoms with Crippen molar-refractivity contribution in [2.45, 2.75) is 39.7 Å². The van der Waals surface area contributed by atoms with Gasteiger partial charge in [-0.1, -0.05) is 20.8 Å². The van der Waals surface area contributed by atoms with Gasteiger partial charge >= 0.3 is 5.97 Å². The highest BCUT2D eigenvalue weighted by Crippen LogP contribution is 2.23. The lowest BCUT2D eigenvalue weighted by Gasteiger charge is -2.21. The molecule has 0 saturated carbocycles. The van der Waals surface area contributed by atoms with Crippen molar-refractivity contribution in [2.75, 3.05) is 0 Å². The Morgan fingerprint density at radius 2 is 2.08 bits per heavy atom. The number of H-pyrrole nitrogens is 1. The van der Waals surface area contributed by atoms with Crippen molar-refractivity contribution in [3.8, 4) is 0 Å². The summed E-state index contributed by atoms with van der Waals surface area (Å²) in [6.07, 6.45) is 0.879. The molecule has 1 amide bonds. The number of nitrogens with zero attached hydrogens (tertiary/aromatic N) is 2. The minimum Gasteiger partial charge on any atom is -0.480 e. The highest BCUT2D eigenvalue weighted by molar-refractivity contribution is 6.06. The summed E-state index contributed by atoms with van der Waals surface area (Å²) in [6, 6.07) is 2.92. The van der Waals surface area contributed by atoms with Gasteiger partial charge in [-0.2, -0.15) is 5.10 Å². The molecule has 0 bridgehead atoms. The summed E-state index contributed by atoms with van der Waals surface area (Å²) in [5.41, 5.74) is 0.140. The minimum atomic E-state index is -1.14. The van der Waals surface area contributed by atoms with E-state index in [0.717, 1.165) is 0 Å². The van der Waals surface area contributed by atoms with Gasteiger partial charge in [-0.3, -0.25) is 20.0 Å². The van der Waals surface area contributed by atoms with Gasteiger partial charge in [-0.15, -0.1) is 0 Å². The van der Waals surface area contributed by atoms with Crippen LogP contribution in [0.4, 0.5) is 5.69 Å². The number of nitro benzene ring substituents is 1. The predicted octanol–water partition coefficient (Wildman–Crippen LogP) is 2.48. The van der Waals surface area contributed by atoms with Gasteiger partial charge in [0, 0.05) is 17.5 Å². The van der Waals surface area contributed by atoms with Gasteiger partial charge in [0.1, 0.15) is 6.04 Å². The Morgan fingerprint density at radius 3 is 2.64 bits per heavy atom. The number of carboxylic acid groups (broad SMARTS) is 1. The fourth-order valence-corrected chi connectivity index (χ4v) is 2.35. The number of benzene rings is 1. The number of carbonyl (C=O) groups is 2. The maximum absolute atomic E-state index is 12.4.